The topological polar surface area (TPSA) is 94.3 Å². The molecule has 0 unspecified atom stereocenters. The van der Waals surface area contributed by atoms with Crippen LogP contribution in [0.2, 0.25) is 0 Å². The molecule has 3 aromatic rings. The van der Waals surface area contributed by atoms with Crippen LogP contribution in [0.4, 0.5) is 4.39 Å². The van der Waals surface area contributed by atoms with Crippen LogP contribution in [0.1, 0.15) is 11.3 Å². The van der Waals surface area contributed by atoms with Gasteiger partial charge in [-0.05, 0) is 41.8 Å². The Morgan fingerprint density at radius 1 is 1.23 bits per heavy atom. The van der Waals surface area contributed by atoms with Gasteiger partial charge in [0.2, 0.25) is 5.43 Å². The van der Waals surface area contributed by atoms with Gasteiger partial charge in [-0.3, -0.25) is 14.8 Å². The minimum atomic E-state index is -3.45. The summed E-state index contributed by atoms with van der Waals surface area (Å²) in [5.74, 6) is -0.377. The van der Waals surface area contributed by atoms with Crippen molar-refractivity contribution in [1.82, 2.24) is 14.8 Å². The molecule has 0 saturated carbocycles. The molecule has 3 rings (SSSR count). The molecule has 30 heavy (non-hydrogen) atoms. The highest BCUT2D eigenvalue weighted by molar-refractivity contribution is 7.90. The fourth-order valence-corrected chi connectivity index (χ4v) is 3.35. The van der Waals surface area contributed by atoms with E-state index in [1.165, 1.54) is 53.8 Å². The molecule has 0 spiro atoms. The first-order valence-electron chi connectivity index (χ1n) is 8.89. The molecule has 0 atom stereocenters. The summed E-state index contributed by atoms with van der Waals surface area (Å²) < 4.78 is 38.6. The van der Waals surface area contributed by atoms with E-state index in [1.807, 2.05) is 0 Å². The van der Waals surface area contributed by atoms with Crippen molar-refractivity contribution in [1.29, 1.82) is 0 Å². The van der Waals surface area contributed by atoms with E-state index in [0.29, 0.717) is 16.8 Å². The second-order valence-electron chi connectivity index (χ2n) is 6.53. The maximum absolute atomic E-state index is 13.6. The molecular weight excluding hydrogens is 407 g/mol. The average Bonchev–Trinajstić information content (AvgIpc) is 2.71. The average molecular weight is 426 g/mol. The Balaban J connectivity index is 2.09. The molecular formula is C21H19FN4O3S. The minimum absolute atomic E-state index is 0.0377. The highest BCUT2D eigenvalue weighted by Gasteiger charge is 2.13. The summed E-state index contributed by atoms with van der Waals surface area (Å²) in [6.45, 7) is 0. The van der Waals surface area contributed by atoms with Gasteiger partial charge in [0.1, 0.15) is 11.5 Å². The number of allylic oxidation sites excluding steroid dienone is 2. The SMILES string of the molecule is C/N=C\C=C(/Cc1cccc(F)c1)c1nn(-c2cncc(S(C)(=O)=O)c2)ccc1=O. The molecule has 0 aliphatic heterocycles. The number of rotatable bonds is 6. The largest absolute Gasteiger partial charge is 0.297 e. The Labute approximate surface area is 173 Å². The summed E-state index contributed by atoms with van der Waals surface area (Å²) in [5, 5.41) is 4.38. The molecule has 154 valence electrons. The number of hydrogen-bond acceptors (Lipinski definition) is 6. The fourth-order valence-electron chi connectivity index (χ4n) is 2.76. The Morgan fingerprint density at radius 2 is 2.03 bits per heavy atom. The van der Waals surface area contributed by atoms with Gasteiger partial charge in [0.15, 0.2) is 9.84 Å². The molecule has 0 fully saturated rings. The Bertz CT molecular complexity index is 1300. The van der Waals surface area contributed by atoms with Gasteiger partial charge in [-0.1, -0.05) is 12.1 Å². The molecule has 7 nitrogen and oxygen atoms in total. The van der Waals surface area contributed by atoms with Gasteiger partial charge >= 0.3 is 0 Å². The zero-order valence-electron chi connectivity index (χ0n) is 16.4. The zero-order valence-corrected chi connectivity index (χ0v) is 17.2. The van der Waals surface area contributed by atoms with E-state index in [1.54, 1.807) is 25.3 Å². The van der Waals surface area contributed by atoms with E-state index in [-0.39, 0.29) is 28.3 Å². The molecule has 0 radical (unpaired) electrons. The van der Waals surface area contributed by atoms with Gasteiger partial charge in [-0.25, -0.2) is 17.5 Å². The quantitative estimate of drug-likeness (QED) is 0.565. The molecule has 0 amide bonds. The third kappa shape index (κ3) is 5.12. The normalized spacial score (nSPS) is 12.4. The maximum Gasteiger partial charge on any atom is 0.207 e. The minimum Gasteiger partial charge on any atom is -0.297 e. The van der Waals surface area contributed by atoms with Crippen molar-refractivity contribution in [3.63, 3.8) is 0 Å². The van der Waals surface area contributed by atoms with Crippen molar-refractivity contribution in [3.8, 4) is 5.69 Å². The number of aromatic nitrogens is 3. The van der Waals surface area contributed by atoms with Crippen LogP contribution in [0.5, 0.6) is 0 Å². The predicted molar refractivity (Wildman–Crippen MR) is 113 cm³/mol. The summed E-state index contributed by atoms with van der Waals surface area (Å²) in [7, 11) is -1.86. The van der Waals surface area contributed by atoms with Gasteiger partial charge < -0.3 is 0 Å². The lowest BCUT2D eigenvalue weighted by Crippen LogP contribution is -2.16. The van der Waals surface area contributed by atoms with Crippen LogP contribution in [0.25, 0.3) is 11.3 Å². The predicted octanol–water partition coefficient (Wildman–Crippen LogP) is 2.50. The summed E-state index contributed by atoms with van der Waals surface area (Å²) in [4.78, 5) is 20.5. The first-order chi connectivity index (χ1) is 14.3. The molecule has 1 aromatic carbocycles. The van der Waals surface area contributed by atoms with Crippen LogP contribution in [0.3, 0.4) is 0 Å². The maximum atomic E-state index is 13.6. The summed E-state index contributed by atoms with van der Waals surface area (Å²) in [6, 6.07) is 8.83. The van der Waals surface area contributed by atoms with Gasteiger partial charge in [0, 0.05) is 38.0 Å². The molecule has 9 heteroatoms. The molecule has 0 bridgehead atoms. The summed E-state index contributed by atoms with van der Waals surface area (Å²) in [6.07, 6.45) is 8.64. The van der Waals surface area contributed by atoms with E-state index in [9.17, 15) is 17.6 Å². The Hall–Kier alpha value is -3.46. The lowest BCUT2D eigenvalue weighted by Gasteiger charge is -2.11. The van der Waals surface area contributed by atoms with Crippen molar-refractivity contribution in [2.24, 2.45) is 4.99 Å². The van der Waals surface area contributed by atoms with Crippen LogP contribution >= 0.6 is 0 Å². The molecule has 2 heterocycles. The smallest absolute Gasteiger partial charge is 0.207 e. The zero-order chi connectivity index (χ0) is 21.7. The highest BCUT2D eigenvalue weighted by Crippen LogP contribution is 2.17. The van der Waals surface area contributed by atoms with Gasteiger partial charge in [0.25, 0.3) is 0 Å². The molecule has 2 aromatic heterocycles. The molecule has 0 aliphatic carbocycles. The number of benzene rings is 1. The standard InChI is InChI=1S/C21H19FN4O3S/c1-23-8-6-16(10-15-4-3-5-17(22)11-15)21-20(27)7-9-26(25-21)18-12-19(14-24-13-18)30(2,28)29/h3-9,11-14H,10H2,1-2H3/b16-6+,23-8-. The van der Waals surface area contributed by atoms with E-state index in [4.69, 9.17) is 0 Å². The Kier molecular flexibility index (Phi) is 6.31. The van der Waals surface area contributed by atoms with E-state index in [2.05, 4.69) is 15.1 Å². The number of nitrogens with zero attached hydrogens (tertiary/aromatic N) is 4. The van der Waals surface area contributed by atoms with E-state index in [0.717, 1.165) is 6.26 Å². The van der Waals surface area contributed by atoms with Crippen LogP contribution < -0.4 is 5.43 Å². The monoisotopic (exact) mass is 426 g/mol. The second kappa shape index (κ2) is 8.91. The highest BCUT2D eigenvalue weighted by atomic mass is 32.2. The van der Waals surface area contributed by atoms with Crippen molar-refractivity contribution < 1.29 is 12.8 Å². The first-order valence-corrected chi connectivity index (χ1v) is 10.8. The van der Waals surface area contributed by atoms with Crippen molar-refractivity contribution in [3.05, 3.63) is 88.4 Å². The number of aliphatic imine (C=N–C) groups is 1. The number of sulfone groups is 1. The first kappa shape index (κ1) is 21.3. The third-order valence-electron chi connectivity index (χ3n) is 4.21. The molecule has 0 N–H and O–H groups in total. The summed E-state index contributed by atoms with van der Waals surface area (Å²) in [5.41, 5.74) is 1.41. The molecule has 0 aliphatic rings. The lowest BCUT2D eigenvalue weighted by atomic mass is 10.0. The fraction of sp³-hybridized carbons (Fsp3) is 0.143. The Morgan fingerprint density at radius 3 is 2.73 bits per heavy atom. The van der Waals surface area contributed by atoms with Crippen LogP contribution in [-0.2, 0) is 16.3 Å². The van der Waals surface area contributed by atoms with Gasteiger partial charge in [-0.15, -0.1) is 0 Å². The van der Waals surface area contributed by atoms with Crippen LogP contribution in [0, 0.1) is 5.82 Å². The second-order valence-corrected chi connectivity index (χ2v) is 8.55. The van der Waals surface area contributed by atoms with Crippen molar-refractivity contribution >= 4 is 21.6 Å². The number of hydrogen-bond donors (Lipinski definition) is 0. The number of pyridine rings is 1. The van der Waals surface area contributed by atoms with E-state index < -0.39 is 9.84 Å². The van der Waals surface area contributed by atoms with Crippen LogP contribution in [-0.4, -0.2) is 42.7 Å². The van der Waals surface area contributed by atoms with E-state index >= 15 is 0 Å². The summed E-state index contributed by atoms with van der Waals surface area (Å²) >= 11 is 0. The lowest BCUT2D eigenvalue weighted by molar-refractivity contribution is 0.601. The van der Waals surface area contributed by atoms with Gasteiger partial charge in [0.05, 0.1) is 16.8 Å². The molecule has 0 saturated heterocycles. The third-order valence-corrected chi connectivity index (χ3v) is 5.29. The number of halogens is 1. The van der Waals surface area contributed by atoms with Gasteiger partial charge in [-0.2, -0.15) is 5.10 Å². The van der Waals surface area contributed by atoms with Crippen molar-refractivity contribution in [2.75, 3.05) is 13.3 Å². The van der Waals surface area contributed by atoms with Crippen molar-refractivity contribution in [2.45, 2.75) is 11.3 Å². The van der Waals surface area contributed by atoms with Crippen LogP contribution in [0.15, 0.2) is 75.7 Å².